The molecule has 30 heavy (non-hydrogen) atoms. The predicted octanol–water partition coefficient (Wildman–Crippen LogP) is 4.70. The third-order valence-corrected chi connectivity index (χ3v) is 5.29. The van der Waals surface area contributed by atoms with E-state index in [1.165, 1.54) is 24.3 Å². The van der Waals surface area contributed by atoms with Crippen LogP contribution < -0.4 is 10.2 Å². The van der Waals surface area contributed by atoms with Gasteiger partial charge in [0.15, 0.2) is 5.17 Å². The van der Waals surface area contributed by atoms with Gasteiger partial charge in [0.2, 0.25) is 11.8 Å². The van der Waals surface area contributed by atoms with E-state index in [0.717, 1.165) is 40.9 Å². The van der Waals surface area contributed by atoms with Crippen LogP contribution in [-0.2, 0) is 15.8 Å². The first kappa shape index (κ1) is 21.8. The van der Waals surface area contributed by atoms with E-state index in [2.05, 4.69) is 10.3 Å². The summed E-state index contributed by atoms with van der Waals surface area (Å²) in [5.74, 6) is -1.43. The molecular formula is C20H17F4N3O2S. The lowest BCUT2D eigenvalue weighted by Gasteiger charge is -2.16. The van der Waals surface area contributed by atoms with Crippen molar-refractivity contribution in [1.29, 1.82) is 0 Å². The van der Waals surface area contributed by atoms with Gasteiger partial charge in [-0.2, -0.15) is 13.2 Å². The SMILES string of the molecule is CCN=C(Nc1cccc(C(F)(F)F)c1)S[C@@H]1CC(=O)N(c2ccc(F)cc2)C1=O. The first-order valence-electron chi connectivity index (χ1n) is 8.96. The molecule has 158 valence electrons. The summed E-state index contributed by atoms with van der Waals surface area (Å²) in [4.78, 5) is 30.3. The molecule has 0 bridgehead atoms. The van der Waals surface area contributed by atoms with Crippen molar-refractivity contribution in [1.82, 2.24) is 0 Å². The standard InChI is InChI=1S/C20H17F4N3O2S/c1-2-25-19(26-14-5-3-4-12(10-14)20(22,23)24)30-16-11-17(28)27(18(16)29)15-8-6-13(21)7-9-15/h3-10,16H,2,11H2,1H3,(H,25,26)/t16-/m1/s1. The van der Waals surface area contributed by atoms with Crippen LogP contribution in [0.3, 0.4) is 0 Å². The molecule has 2 aromatic rings. The second-order valence-corrected chi connectivity index (χ2v) is 7.53. The number of nitrogens with one attached hydrogen (secondary N) is 1. The van der Waals surface area contributed by atoms with Crippen LogP contribution in [0.5, 0.6) is 0 Å². The third kappa shape index (κ3) is 4.99. The molecule has 1 fully saturated rings. The third-order valence-electron chi connectivity index (χ3n) is 4.19. The van der Waals surface area contributed by atoms with E-state index in [-0.39, 0.29) is 23.0 Å². The number of carbonyl (C=O) groups excluding carboxylic acids is 2. The molecule has 2 amide bonds. The summed E-state index contributed by atoms with van der Waals surface area (Å²) < 4.78 is 51.9. The molecule has 0 aromatic heterocycles. The van der Waals surface area contributed by atoms with Gasteiger partial charge < -0.3 is 5.32 Å². The highest BCUT2D eigenvalue weighted by Gasteiger charge is 2.41. The van der Waals surface area contributed by atoms with Gasteiger partial charge in [0.05, 0.1) is 11.3 Å². The van der Waals surface area contributed by atoms with E-state index < -0.39 is 34.6 Å². The van der Waals surface area contributed by atoms with E-state index in [1.54, 1.807) is 6.92 Å². The fourth-order valence-corrected chi connectivity index (χ4v) is 3.92. The van der Waals surface area contributed by atoms with Crippen LogP contribution in [0.25, 0.3) is 0 Å². The molecule has 5 nitrogen and oxygen atoms in total. The molecule has 0 saturated carbocycles. The molecular weight excluding hydrogens is 422 g/mol. The van der Waals surface area contributed by atoms with Crippen molar-refractivity contribution in [2.45, 2.75) is 24.8 Å². The molecule has 2 aromatic carbocycles. The van der Waals surface area contributed by atoms with Crippen molar-refractivity contribution < 1.29 is 27.2 Å². The summed E-state index contributed by atoms with van der Waals surface area (Å²) in [5.41, 5.74) is -0.394. The zero-order valence-electron chi connectivity index (χ0n) is 15.7. The van der Waals surface area contributed by atoms with Crippen LogP contribution in [0.4, 0.5) is 28.9 Å². The number of aliphatic imine (C=N–C) groups is 1. The first-order valence-corrected chi connectivity index (χ1v) is 9.84. The minimum atomic E-state index is -4.49. The largest absolute Gasteiger partial charge is 0.416 e. The smallest absolute Gasteiger partial charge is 0.335 e. The Morgan fingerprint density at radius 1 is 1.20 bits per heavy atom. The minimum Gasteiger partial charge on any atom is -0.335 e. The van der Waals surface area contributed by atoms with Gasteiger partial charge in [-0.25, -0.2) is 9.29 Å². The molecule has 1 atom stereocenters. The van der Waals surface area contributed by atoms with E-state index in [0.29, 0.717) is 6.54 Å². The summed E-state index contributed by atoms with van der Waals surface area (Å²) in [6.07, 6.45) is -4.59. The molecule has 1 aliphatic heterocycles. The fraction of sp³-hybridized carbons (Fsp3) is 0.250. The van der Waals surface area contributed by atoms with Crippen molar-refractivity contribution in [2.24, 2.45) is 4.99 Å². The molecule has 1 N–H and O–H groups in total. The molecule has 0 spiro atoms. The Balaban J connectivity index is 1.76. The second kappa shape index (κ2) is 8.86. The van der Waals surface area contributed by atoms with Gasteiger partial charge in [0.1, 0.15) is 11.1 Å². The van der Waals surface area contributed by atoms with Crippen molar-refractivity contribution in [3.8, 4) is 0 Å². The molecule has 1 aliphatic rings. The monoisotopic (exact) mass is 439 g/mol. The van der Waals surface area contributed by atoms with Gasteiger partial charge in [-0.1, -0.05) is 17.8 Å². The number of thioether (sulfide) groups is 1. The normalized spacial score (nSPS) is 17.6. The van der Waals surface area contributed by atoms with Gasteiger partial charge in [-0.3, -0.25) is 14.6 Å². The number of imide groups is 1. The second-order valence-electron chi connectivity index (χ2n) is 6.34. The summed E-state index contributed by atoms with van der Waals surface area (Å²) in [5, 5.41) is 2.22. The van der Waals surface area contributed by atoms with Gasteiger partial charge in [-0.15, -0.1) is 0 Å². The summed E-state index contributed by atoms with van der Waals surface area (Å²) in [7, 11) is 0. The van der Waals surface area contributed by atoms with E-state index >= 15 is 0 Å². The molecule has 0 aliphatic carbocycles. The zero-order chi connectivity index (χ0) is 21.9. The number of hydrogen-bond donors (Lipinski definition) is 1. The van der Waals surface area contributed by atoms with E-state index in [4.69, 9.17) is 0 Å². The van der Waals surface area contributed by atoms with Crippen molar-refractivity contribution in [2.75, 3.05) is 16.8 Å². The quantitative estimate of drug-likeness (QED) is 0.325. The van der Waals surface area contributed by atoms with E-state index in [9.17, 15) is 27.2 Å². The Morgan fingerprint density at radius 2 is 1.90 bits per heavy atom. The van der Waals surface area contributed by atoms with Crippen LogP contribution in [0.2, 0.25) is 0 Å². The average molecular weight is 439 g/mol. The molecule has 0 radical (unpaired) electrons. The number of nitrogens with zero attached hydrogens (tertiary/aromatic N) is 2. The highest BCUT2D eigenvalue weighted by Crippen LogP contribution is 2.33. The van der Waals surface area contributed by atoms with Crippen molar-refractivity contribution in [3.05, 3.63) is 59.9 Å². The Hall–Kier alpha value is -2.88. The fourth-order valence-electron chi connectivity index (χ4n) is 2.84. The average Bonchev–Trinajstić information content (AvgIpc) is 2.96. The highest BCUT2D eigenvalue weighted by molar-refractivity contribution is 8.15. The summed E-state index contributed by atoms with van der Waals surface area (Å²) in [6, 6.07) is 9.57. The zero-order valence-corrected chi connectivity index (χ0v) is 16.6. The maximum atomic E-state index is 13.1. The van der Waals surface area contributed by atoms with Gasteiger partial charge >= 0.3 is 6.18 Å². The maximum Gasteiger partial charge on any atom is 0.416 e. The van der Waals surface area contributed by atoms with Crippen LogP contribution in [0, 0.1) is 5.82 Å². The Bertz CT molecular complexity index is 977. The number of amides is 2. The maximum absolute atomic E-state index is 13.1. The number of hydrogen-bond acceptors (Lipinski definition) is 4. The number of alkyl halides is 3. The Labute approximate surface area is 174 Å². The number of halogens is 4. The molecule has 0 unspecified atom stereocenters. The molecule has 1 heterocycles. The minimum absolute atomic E-state index is 0.103. The van der Waals surface area contributed by atoms with Crippen LogP contribution in [0.1, 0.15) is 18.9 Å². The number of rotatable bonds is 4. The molecule has 3 rings (SSSR count). The van der Waals surface area contributed by atoms with Crippen LogP contribution in [-0.4, -0.2) is 28.8 Å². The first-order chi connectivity index (χ1) is 14.2. The highest BCUT2D eigenvalue weighted by atomic mass is 32.2. The Kier molecular flexibility index (Phi) is 6.45. The lowest BCUT2D eigenvalue weighted by atomic mass is 10.2. The molecule has 10 heteroatoms. The van der Waals surface area contributed by atoms with Gasteiger partial charge in [0, 0.05) is 18.7 Å². The molecule has 1 saturated heterocycles. The number of anilines is 2. The van der Waals surface area contributed by atoms with Gasteiger partial charge in [0.25, 0.3) is 0 Å². The van der Waals surface area contributed by atoms with E-state index in [1.807, 2.05) is 0 Å². The number of amidine groups is 1. The van der Waals surface area contributed by atoms with Crippen LogP contribution in [0.15, 0.2) is 53.5 Å². The predicted molar refractivity (Wildman–Crippen MR) is 108 cm³/mol. The number of benzene rings is 2. The summed E-state index contributed by atoms with van der Waals surface area (Å²) >= 11 is 0.970. The summed E-state index contributed by atoms with van der Waals surface area (Å²) in [6.45, 7) is 2.06. The topological polar surface area (TPSA) is 61.8 Å². The number of carbonyl (C=O) groups is 2. The lowest BCUT2D eigenvalue weighted by molar-refractivity contribution is -0.137. The van der Waals surface area contributed by atoms with Crippen molar-refractivity contribution in [3.63, 3.8) is 0 Å². The lowest BCUT2D eigenvalue weighted by Crippen LogP contribution is -2.31. The van der Waals surface area contributed by atoms with Crippen molar-refractivity contribution >= 4 is 40.1 Å². The van der Waals surface area contributed by atoms with Crippen LogP contribution >= 0.6 is 11.8 Å². The Morgan fingerprint density at radius 3 is 2.53 bits per heavy atom. The van der Waals surface area contributed by atoms with Gasteiger partial charge in [-0.05, 0) is 49.4 Å².